The molecule has 0 saturated carbocycles. The van der Waals surface area contributed by atoms with Crippen molar-refractivity contribution >= 4 is 34.8 Å². The Morgan fingerprint density at radius 3 is 2.54 bits per heavy atom. The topological polar surface area (TPSA) is 35.6 Å². The molecule has 1 heterocycles. The maximum Gasteiger partial charge on any atom is 0.253 e. The minimum Gasteiger partial charge on any atom is -0.369 e. The molecular weight excluding hydrogens is 393 g/mol. The SMILES string of the molecule is Cc1cccc(N2CCN(CCC(C)NC(=O)c3cccc(Cl)c3Cl)CC2)c1. The van der Waals surface area contributed by atoms with E-state index in [1.807, 2.05) is 6.92 Å². The van der Waals surface area contributed by atoms with Crippen LogP contribution in [0.25, 0.3) is 0 Å². The van der Waals surface area contributed by atoms with Crippen molar-refractivity contribution in [2.75, 3.05) is 37.6 Å². The van der Waals surface area contributed by atoms with Crippen molar-refractivity contribution in [2.24, 2.45) is 0 Å². The van der Waals surface area contributed by atoms with Crippen molar-refractivity contribution in [3.63, 3.8) is 0 Å². The lowest BCUT2D eigenvalue weighted by atomic mass is 10.1. The van der Waals surface area contributed by atoms with Gasteiger partial charge in [-0.1, -0.05) is 41.4 Å². The number of carbonyl (C=O) groups excluding carboxylic acids is 1. The second kappa shape index (κ2) is 9.64. The van der Waals surface area contributed by atoms with Crippen LogP contribution in [0.4, 0.5) is 5.69 Å². The highest BCUT2D eigenvalue weighted by Crippen LogP contribution is 2.25. The van der Waals surface area contributed by atoms with Crippen LogP contribution in [0.15, 0.2) is 42.5 Å². The van der Waals surface area contributed by atoms with Crippen LogP contribution in [0.2, 0.25) is 10.0 Å². The zero-order valence-corrected chi connectivity index (χ0v) is 17.9. The van der Waals surface area contributed by atoms with E-state index in [-0.39, 0.29) is 11.9 Å². The second-order valence-corrected chi connectivity index (χ2v) is 8.22. The highest BCUT2D eigenvalue weighted by molar-refractivity contribution is 6.43. The first kappa shape index (κ1) is 21.0. The Morgan fingerprint density at radius 2 is 1.82 bits per heavy atom. The molecule has 0 spiro atoms. The number of piperazine rings is 1. The molecule has 4 nitrogen and oxygen atoms in total. The summed E-state index contributed by atoms with van der Waals surface area (Å²) in [5.74, 6) is -0.177. The molecule has 1 saturated heterocycles. The first-order valence-electron chi connectivity index (χ1n) is 9.73. The highest BCUT2D eigenvalue weighted by Gasteiger charge is 2.19. The summed E-state index contributed by atoms with van der Waals surface area (Å²) >= 11 is 12.1. The average molecular weight is 420 g/mol. The molecule has 1 N–H and O–H groups in total. The van der Waals surface area contributed by atoms with Crippen LogP contribution in [0.1, 0.15) is 29.3 Å². The molecule has 1 aliphatic heterocycles. The molecule has 0 aliphatic carbocycles. The summed E-state index contributed by atoms with van der Waals surface area (Å²) in [7, 11) is 0. The van der Waals surface area contributed by atoms with E-state index in [1.54, 1.807) is 18.2 Å². The quantitative estimate of drug-likeness (QED) is 0.740. The zero-order chi connectivity index (χ0) is 20.1. The van der Waals surface area contributed by atoms with E-state index in [0.717, 1.165) is 39.1 Å². The van der Waals surface area contributed by atoms with E-state index in [4.69, 9.17) is 23.2 Å². The molecule has 1 atom stereocenters. The fraction of sp³-hybridized carbons (Fsp3) is 0.409. The van der Waals surface area contributed by atoms with Crippen molar-refractivity contribution in [2.45, 2.75) is 26.3 Å². The monoisotopic (exact) mass is 419 g/mol. The fourth-order valence-electron chi connectivity index (χ4n) is 3.48. The van der Waals surface area contributed by atoms with E-state index in [1.165, 1.54) is 11.3 Å². The first-order chi connectivity index (χ1) is 13.4. The average Bonchev–Trinajstić information content (AvgIpc) is 2.69. The lowest BCUT2D eigenvalue weighted by Gasteiger charge is -2.36. The van der Waals surface area contributed by atoms with E-state index < -0.39 is 0 Å². The lowest BCUT2D eigenvalue weighted by Crippen LogP contribution is -2.47. The summed E-state index contributed by atoms with van der Waals surface area (Å²) in [6.45, 7) is 9.26. The molecule has 1 amide bonds. The Bertz CT molecular complexity index is 819. The number of hydrogen-bond acceptors (Lipinski definition) is 3. The molecule has 28 heavy (non-hydrogen) atoms. The van der Waals surface area contributed by atoms with Crippen LogP contribution >= 0.6 is 23.2 Å². The van der Waals surface area contributed by atoms with Crippen LogP contribution in [-0.2, 0) is 0 Å². The summed E-state index contributed by atoms with van der Waals surface area (Å²) in [5.41, 5.74) is 3.02. The third-order valence-corrected chi connectivity index (χ3v) is 6.01. The van der Waals surface area contributed by atoms with Gasteiger partial charge in [0.15, 0.2) is 0 Å². The Hall–Kier alpha value is -1.75. The minimum atomic E-state index is -0.177. The third kappa shape index (κ3) is 5.40. The summed E-state index contributed by atoms with van der Waals surface area (Å²) in [6.07, 6.45) is 0.897. The molecule has 2 aromatic carbocycles. The van der Waals surface area contributed by atoms with Crippen LogP contribution in [-0.4, -0.2) is 49.6 Å². The largest absolute Gasteiger partial charge is 0.369 e. The van der Waals surface area contributed by atoms with Gasteiger partial charge in [-0.15, -0.1) is 0 Å². The maximum absolute atomic E-state index is 12.4. The normalized spacial score (nSPS) is 16.1. The van der Waals surface area contributed by atoms with Crippen LogP contribution < -0.4 is 10.2 Å². The van der Waals surface area contributed by atoms with Gasteiger partial charge in [0.05, 0.1) is 15.6 Å². The van der Waals surface area contributed by atoms with Gasteiger partial charge in [-0.3, -0.25) is 9.69 Å². The molecule has 3 rings (SSSR count). The van der Waals surface area contributed by atoms with Gasteiger partial charge in [-0.25, -0.2) is 0 Å². The van der Waals surface area contributed by atoms with E-state index in [0.29, 0.717) is 15.6 Å². The predicted molar refractivity (Wildman–Crippen MR) is 118 cm³/mol. The van der Waals surface area contributed by atoms with E-state index >= 15 is 0 Å². The van der Waals surface area contributed by atoms with Gasteiger partial charge in [-0.2, -0.15) is 0 Å². The predicted octanol–water partition coefficient (Wildman–Crippen LogP) is 4.63. The molecule has 1 unspecified atom stereocenters. The van der Waals surface area contributed by atoms with Gasteiger partial charge < -0.3 is 10.2 Å². The minimum absolute atomic E-state index is 0.0670. The smallest absolute Gasteiger partial charge is 0.253 e. The van der Waals surface area contributed by atoms with E-state index in [2.05, 4.69) is 46.3 Å². The van der Waals surface area contributed by atoms with Gasteiger partial charge in [-0.05, 0) is 50.1 Å². The number of carbonyl (C=O) groups is 1. The van der Waals surface area contributed by atoms with Crippen molar-refractivity contribution in [3.05, 3.63) is 63.6 Å². The molecule has 0 radical (unpaired) electrons. The van der Waals surface area contributed by atoms with Crippen LogP contribution in [0, 0.1) is 6.92 Å². The standard InChI is InChI=1S/C22H27Cl2N3O/c1-16-5-3-6-18(15-16)27-13-11-26(12-14-27)10-9-17(2)25-22(28)19-7-4-8-20(23)21(19)24/h3-8,15,17H,9-14H2,1-2H3,(H,25,28). The van der Waals surface area contributed by atoms with Gasteiger partial charge >= 0.3 is 0 Å². The third-order valence-electron chi connectivity index (χ3n) is 5.19. The number of rotatable bonds is 6. The first-order valence-corrected chi connectivity index (χ1v) is 10.5. The molecule has 150 valence electrons. The van der Waals surface area contributed by atoms with Crippen molar-refractivity contribution < 1.29 is 4.79 Å². The number of hydrogen-bond donors (Lipinski definition) is 1. The van der Waals surface area contributed by atoms with Gasteiger partial charge in [0.1, 0.15) is 0 Å². The zero-order valence-electron chi connectivity index (χ0n) is 16.4. The Morgan fingerprint density at radius 1 is 1.11 bits per heavy atom. The highest BCUT2D eigenvalue weighted by atomic mass is 35.5. The number of nitrogens with one attached hydrogen (secondary N) is 1. The molecule has 0 aromatic heterocycles. The maximum atomic E-state index is 12.4. The van der Waals surface area contributed by atoms with Gasteiger partial charge in [0, 0.05) is 44.5 Å². The molecule has 0 bridgehead atoms. The molecule has 2 aromatic rings. The number of aryl methyl sites for hydroxylation is 1. The Kier molecular flexibility index (Phi) is 7.22. The van der Waals surface area contributed by atoms with Crippen molar-refractivity contribution in [1.82, 2.24) is 10.2 Å². The molecule has 6 heteroatoms. The Labute approximate surface area is 177 Å². The number of anilines is 1. The fourth-order valence-corrected chi connectivity index (χ4v) is 3.87. The lowest BCUT2D eigenvalue weighted by molar-refractivity contribution is 0.0935. The molecule has 1 aliphatic rings. The Balaban J connectivity index is 1.43. The molecule has 1 fully saturated rings. The van der Waals surface area contributed by atoms with Gasteiger partial charge in [0.25, 0.3) is 5.91 Å². The number of amides is 1. The summed E-state index contributed by atoms with van der Waals surface area (Å²) in [4.78, 5) is 17.3. The van der Waals surface area contributed by atoms with Crippen molar-refractivity contribution in [3.8, 4) is 0 Å². The summed E-state index contributed by atoms with van der Waals surface area (Å²) in [6, 6.07) is 13.9. The number of benzene rings is 2. The number of nitrogens with zero attached hydrogens (tertiary/aromatic N) is 2. The molecular formula is C22H27Cl2N3O. The van der Waals surface area contributed by atoms with Crippen LogP contribution in [0.3, 0.4) is 0 Å². The second-order valence-electron chi connectivity index (χ2n) is 7.43. The van der Waals surface area contributed by atoms with E-state index in [9.17, 15) is 4.79 Å². The van der Waals surface area contributed by atoms with Crippen molar-refractivity contribution in [1.29, 1.82) is 0 Å². The summed E-state index contributed by atoms with van der Waals surface area (Å²) < 4.78 is 0. The summed E-state index contributed by atoms with van der Waals surface area (Å²) in [5, 5.41) is 3.73. The van der Waals surface area contributed by atoms with Gasteiger partial charge in [0.2, 0.25) is 0 Å². The number of halogens is 2. The van der Waals surface area contributed by atoms with Crippen LogP contribution in [0.5, 0.6) is 0 Å².